The summed E-state index contributed by atoms with van der Waals surface area (Å²) in [6, 6.07) is 4.43. The highest BCUT2D eigenvalue weighted by Gasteiger charge is 2.17. The molecule has 1 rings (SSSR count). The van der Waals surface area contributed by atoms with Crippen LogP contribution in [0.15, 0.2) is 17.5 Å². The standard InChI is InChI=1S/C13H24N2O2S2/c1-12(2)14-8-5-11-19(16,17)15(3)9-7-13-6-4-10-18-13/h4,6,10,12,14H,5,7-9,11H2,1-3H3. The molecule has 0 radical (unpaired) electrons. The molecule has 0 fully saturated rings. The van der Waals surface area contributed by atoms with Crippen molar-refractivity contribution in [2.75, 3.05) is 25.9 Å². The number of nitrogens with one attached hydrogen (secondary N) is 1. The summed E-state index contributed by atoms with van der Waals surface area (Å²) >= 11 is 1.67. The summed E-state index contributed by atoms with van der Waals surface area (Å²) in [5.74, 6) is 0.216. The second kappa shape index (κ2) is 7.99. The Balaban J connectivity index is 2.30. The van der Waals surface area contributed by atoms with Crippen LogP contribution in [-0.2, 0) is 16.4 Å². The van der Waals surface area contributed by atoms with E-state index in [9.17, 15) is 8.42 Å². The van der Waals surface area contributed by atoms with E-state index in [4.69, 9.17) is 0 Å². The van der Waals surface area contributed by atoms with Gasteiger partial charge in [0.25, 0.3) is 0 Å². The molecular formula is C13H24N2O2S2. The zero-order valence-corrected chi connectivity index (χ0v) is 13.6. The fourth-order valence-corrected chi connectivity index (χ4v) is 3.55. The lowest BCUT2D eigenvalue weighted by Gasteiger charge is -2.17. The summed E-state index contributed by atoms with van der Waals surface area (Å²) in [6.45, 7) is 5.42. The SMILES string of the molecule is CC(C)NCCCS(=O)(=O)N(C)CCc1cccs1. The summed E-state index contributed by atoms with van der Waals surface area (Å²) in [5, 5.41) is 5.25. The van der Waals surface area contributed by atoms with Crippen molar-refractivity contribution >= 4 is 21.4 Å². The molecule has 110 valence electrons. The summed E-state index contributed by atoms with van der Waals surface area (Å²) in [5.41, 5.74) is 0. The van der Waals surface area contributed by atoms with Crippen molar-refractivity contribution in [3.05, 3.63) is 22.4 Å². The molecule has 0 amide bonds. The van der Waals surface area contributed by atoms with Gasteiger partial charge >= 0.3 is 0 Å². The Bertz CT molecular complexity index is 441. The van der Waals surface area contributed by atoms with Crippen LogP contribution in [0.2, 0.25) is 0 Å². The minimum Gasteiger partial charge on any atom is -0.314 e. The van der Waals surface area contributed by atoms with Gasteiger partial charge in [0.2, 0.25) is 10.0 Å². The molecule has 6 heteroatoms. The third kappa shape index (κ3) is 6.51. The first-order valence-electron chi connectivity index (χ1n) is 6.61. The predicted molar refractivity (Wildman–Crippen MR) is 82.2 cm³/mol. The number of hydrogen-bond donors (Lipinski definition) is 1. The highest BCUT2D eigenvalue weighted by Crippen LogP contribution is 2.10. The lowest BCUT2D eigenvalue weighted by Crippen LogP contribution is -2.33. The second-order valence-electron chi connectivity index (χ2n) is 4.93. The van der Waals surface area contributed by atoms with Gasteiger partial charge in [-0.2, -0.15) is 0 Å². The van der Waals surface area contributed by atoms with Gasteiger partial charge in [-0.25, -0.2) is 12.7 Å². The molecule has 4 nitrogen and oxygen atoms in total. The van der Waals surface area contributed by atoms with Crippen molar-refractivity contribution in [3.63, 3.8) is 0 Å². The summed E-state index contributed by atoms with van der Waals surface area (Å²) in [7, 11) is -1.45. The Morgan fingerprint density at radius 1 is 1.42 bits per heavy atom. The fourth-order valence-electron chi connectivity index (χ4n) is 1.66. The molecule has 0 saturated carbocycles. The van der Waals surface area contributed by atoms with E-state index in [0.29, 0.717) is 19.0 Å². The van der Waals surface area contributed by atoms with Gasteiger partial charge in [0.05, 0.1) is 5.75 Å². The average Bonchev–Trinajstić information content (AvgIpc) is 2.84. The molecule has 0 aromatic carbocycles. The Morgan fingerprint density at radius 3 is 2.74 bits per heavy atom. The molecule has 0 bridgehead atoms. The van der Waals surface area contributed by atoms with Crippen LogP contribution in [0.4, 0.5) is 0 Å². The zero-order valence-electron chi connectivity index (χ0n) is 11.9. The average molecular weight is 304 g/mol. The Morgan fingerprint density at radius 2 is 2.16 bits per heavy atom. The molecule has 0 atom stereocenters. The quantitative estimate of drug-likeness (QED) is 0.709. The number of thiophene rings is 1. The van der Waals surface area contributed by atoms with Crippen molar-refractivity contribution in [1.29, 1.82) is 0 Å². The van der Waals surface area contributed by atoms with Gasteiger partial charge < -0.3 is 5.32 Å². The molecular weight excluding hydrogens is 280 g/mol. The maximum absolute atomic E-state index is 12.0. The zero-order chi connectivity index (χ0) is 14.3. The summed E-state index contributed by atoms with van der Waals surface area (Å²) < 4.78 is 25.5. The lowest BCUT2D eigenvalue weighted by molar-refractivity contribution is 0.470. The van der Waals surface area contributed by atoms with Crippen LogP contribution in [0.1, 0.15) is 25.1 Å². The third-order valence-electron chi connectivity index (χ3n) is 2.86. The Kier molecular flexibility index (Phi) is 6.99. The van der Waals surface area contributed by atoms with Gasteiger partial charge in [0.1, 0.15) is 0 Å². The first kappa shape index (κ1) is 16.6. The molecule has 1 aromatic heterocycles. The van der Waals surface area contributed by atoms with Gasteiger partial charge in [0.15, 0.2) is 0 Å². The first-order valence-corrected chi connectivity index (χ1v) is 9.10. The second-order valence-corrected chi connectivity index (χ2v) is 8.16. The Labute approximate surface area is 120 Å². The number of hydrogen-bond acceptors (Lipinski definition) is 4. The third-order valence-corrected chi connectivity index (χ3v) is 5.73. The minimum absolute atomic E-state index is 0.216. The number of sulfonamides is 1. The van der Waals surface area contributed by atoms with E-state index in [-0.39, 0.29) is 5.75 Å². The van der Waals surface area contributed by atoms with E-state index >= 15 is 0 Å². The number of likely N-dealkylation sites (N-methyl/N-ethyl adjacent to an activating group) is 1. The van der Waals surface area contributed by atoms with Crippen LogP contribution in [0.25, 0.3) is 0 Å². The fraction of sp³-hybridized carbons (Fsp3) is 0.692. The lowest BCUT2D eigenvalue weighted by atomic mass is 10.3. The highest BCUT2D eigenvalue weighted by atomic mass is 32.2. The summed E-state index contributed by atoms with van der Waals surface area (Å²) in [4.78, 5) is 1.23. The van der Waals surface area contributed by atoms with E-state index in [1.165, 1.54) is 9.18 Å². The van der Waals surface area contributed by atoms with Crippen molar-refractivity contribution in [2.45, 2.75) is 32.7 Å². The van der Waals surface area contributed by atoms with E-state index in [0.717, 1.165) is 13.0 Å². The molecule has 0 aliphatic carbocycles. The van der Waals surface area contributed by atoms with Crippen LogP contribution in [0, 0.1) is 0 Å². The molecule has 0 aliphatic rings. The molecule has 0 saturated heterocycles. The van der Waals surface area contributed by atoms with Crippen LogP contribution < -0.4 is 5.32 Å². The first-order chi connectivity index (χ1) is 8.92. The van der Waals surface area contributed by atoms with Gasteiger partial charge in [-0.15, -0.1) is 11.3 Å². The molecule has 19 heavy (non-hydrogen) atoms. The molecule has 0 spiro atoms. The Hall–Kier alpha value is -0.430. The number of rotatable bonds is 9. The predicted octanol–water partition coefficient (Wildman–Crippen LogP) is 1.94. The topological polar surface area (TPSA) is 49.4 Å². The largest absolute Gasteiger partial charge is 0.314 e. The van der Waals surface area contributed by atoms with Crippen molar-refractivity contribution in [1.82, 2.24) is 9.62 Å². The normalized spacial score (nSPS) is 12.5. The molecule has 1 N–H and O–H groups in total. The van der Waals surface area contributed by atoms with E-state index in [1.807, 2.05) is 17.5 Å². The van der Waals surface area contributed by atoms with Crippen LogP contribution in [0.3, 0.4) is 0 Å². The van der Waals surface area contributed by atoms with E-state index in [1.54, 1.807) is 18.4 Å². The van der Waals surface area contributed by atoms with Gasteiger partial charge in [-0.1, -0.05) is 19.9 Å². The van der Waals surface area contributed by atoms with Crippen molar-refractivity contribution in [3.8, 4) is 0 Å². The van der Waals surface area contributed by atoms with Crippen LogP contribution >= 0.6 is 11.3 Å². The minimum atomic E-state index is -3.11. The number of nitrogens with zero attached hydrogens (tertiary/aromatic N) is 1. The van der Waals surface area contributed by atoms with Gasteiger partial charge in [-0.3, -0.25) is 0 Å². The maximum atomic E-state index is 12.0. The smallest absolute Gasteiger partial charge is 0.213 e. The van der Waals surface area contributed by atoms with E-state index < -0.39 is 10.0 Å². The molecule has 0 aliphatic heterocycles. The monoisotopic (exact) mass is 304 g/mol. The maximum Gasteiger partial charge on any atom is 0.213 e. The van der Waals surface area contributed by atoms with Crippen LogP contribution in [-0.4, -0.2) is 44.7 Å². The molecule has 0 unspecified atom stereocenters. The van der Waals surface area contributed by atoms with Crippen molar-refractivity contribution < 1.29 is 8.42 Å². The highest BCUT2D eigenvalue weighted by molar-refractivity contribution is 7.89. The van der Waals surface area contributed by atoms with Gasteiger partial charge in [-0.05, 0) is 30.8 Å². The van der Waals surface area contributed by atoms with Crippen LogP contribution in [0.5, 0.6) is 0 Å². The van der Waals surface area contributed by atoms with Crippen molar-refractivity contribution in [2.24, 2.45) is 0 Å². The molecule has 1 aromatic rings. The van der Waals surface area contributed by atoms with Gasteiger partial charge in [0, 0.05) is 24.5 Å². The van der Waals surface area contributed by atoms with E-state index in [2.05, 4.69) is 19.2 Å². The molecule has 1 heterocycles. The summed E-state index contributed by atoms with van der Waals surface area (Å²) in [6.07, 6.45) is 1.45.